The van der Waals surface area contributed by atoms with Crippen molar-refractivity contribution in [3.8, 4) is 0 Å². The van der Waals surface area contributed by atoms with Gasteiger partial charge in [-0.1, -0.05) is 22.0 Å². The fraction of sp³-hybridized carbons (Fsp3) is 0. The van der Waals surface area contributed by atoms with Gasteiger partial charge in [-0.15, -0.1) is 11.3 Å². The van der Waals surface area contributed by atoms with Gasteiger partial charge in [-0.25, -0.2) is 4.39 Å². The van der Waals surface area contributed by atoms with Gasteiger partial charge in [0.05, 0.1) is 5.69 Å². The summed E-state index contributed by atoms with van der Waals surface area (Å²) in [5, 5.41) is 3.56. The molecule has 3 aromatic rings. The van der Waals surface area contributed by atoms with Crippen LogP contribution >= 0.6 is 27.3 Å². The smallest absolute Gasteiger partial charge is 0.267 e. The number of hydrogen-bond donors (Lipinski definition) is 2. The van der Waals surface area contributed by atoms with Crippen LogP contribution in [0.5, 0.6) is 0 Å². The molecule has 6 heteroatoms. The Bertz CT molecular complexity index is 830. The van der Waals surface area contributed by atoms with Crippen LogP contribution in [0, 0.1) is 5.82 Å². The zero-order valence-corrected chi connectivity index (χ0v) is 13.1. The van der Waals surface area contributed by atoms with E-state index < -0.39 is 0 Å². The van der Waals surface area contributed by atoms with Crippen molar-refractivity contribution >= 4 is 54.6 Å². The van der Waals surface area contributed by atoms with Crippen molar-refractivity contribution in [1.82, 2.24) is 0 Å². The van der Waals surface area contributed by atoms with Gasteiger partial charge >= 0.3 is 0 Å². The number of fused-ring (bicyclic) bond motifs is 1. The van der Waals surface area contributed by atoms with Crippen LogP contribution < -0.4 is 11.1 Å². The van der Waals surface area contributed by atoms with Gasteiger partial charge in [-0.3, -0.25) is 4.79 Å². The second-order valence-corrected chi connectivity index (χ2v) is 6.33. The van der Waals surface area contributed by atoms with Crippen molar-refractivity contribution in [3.05, 3.63) is 57.6 Å². The number of nitrogen functional groups attached to an aromatic ring is 1. The first-order valence-electron chi connectivity index (χ1n) is 6.09. The summed E-state index contributed by atoms with van der Waals surface area (Å²) in [5.74, 6) is -0.648. The molecule has 0 radical (unpaired) electrons. The summed E-state index contributed by atoms with van der Waals surface area (Å²) >= 11 is 4.77. The molecule has 0 aliphatic carbocycles. The lowest BCUT2D eigenvalue weighted by Gasteiger charge is -2.04. The Balaban J connectivity index is 1.96. The fourth-order valence-corrected chi connectivity index (χ4v) is 3.77. The molecule has 0 unspecified atom stereocenters. The molecule has 3 rings (SSSR count). The molecule has 1 amide bonds. The quantitative estimate of drug-likeness (QED) is 0.695. The maximum Gasteiger partial charge on any atom is 0.267 e. The first kappa shape index (κ1) is 14.0. The van der Waals surface area contributed by atoms with Crippen LogP contribution in [-0.2, 0) is 0 Å². The van der Waals surface area contributed by atoms with Crippen molar-refractivity contribution in [3.63, 3.8) is 0 Å². The number of benzene rings is 2. The van der Waals surface area contributed by atoms with Crippen molar-refractivity contribution in [2.75, 3.05) is 11.1 Å². The van der Waals surface area contributed by atoms with Crippen LogP contribution in [0.15, 0.2) is 46.9 Å². The van der Waals surface area contributed by atoms with E-state index in [4.69, 9.17) is 5.73 Å². The standard InChI is InChI=1S/C15H10BrFN2OS/c16-10-2-1-3-11-12(10)13(18)14(21-11)15(20)19-9-6-4-8(17)5-7-9/h1-7H,18H2,(H,19,20). The number of anilines is 2. The molecule has 21 heavy (non-hydrogen) atoms. The van der Waals surface area contributed by atoms with Crippen molar-refractivity contribution < 1.29 is 9.18 Å². The van der Waals surface area contributed by atoms with Crippen LogP contribution in [0.25, 0.3) is 10.1 Å². The van der Waals surface area contributed by atoms with Gasteiger partial charge in [0.2, 0.25) is 0 Å². The minimum Gasteiger partial charge on any atom is -0.397 e. The molecule has 1 heterocycles. The van der Waals surface area contributed by atoms with Crippen molar-refractivity contribution in [1.29, 1.82) is 0 Å². The number of carbonyl (C=O) groups is 1. The molecular formula is C15H10BrFN2OS. The van der Waals surface area contributed by atoms with Gasteiger partial charge < -0.3 is 11.1 Å². The predicted molar refractivity (Wildman–Crippen MR) is 88.3 cm³/mol. The molecule has 0 spiro atoms. The minimum absolute atomic E-state index is 0.299. The van der Waals surface area contributed by atoms with Crippen LogP contribution in [0.3, 0.4) is 0 Å². The highest BCUT2D eigenvalue weighted by Crippen LogP contribution is 2.38. The third-order valence-electron chi connectivity index (χ3n) is 3.01. The molecule has 0 aliphatic rings. The Kier molecular flexibility index (Phi) is 3.65. The van der Waals surface area contributed by atoms with E-state index >= 15 is 0 Å². The molecule has 0 atom stereocenters. The van der Waals surface area contributed by atoms with E-state index in [0.29, 0.717) is 16.3 Å². The van der Waals surface area contributed by atoms with Gasteiger partial charge in [0, 0.05) is 20.2 Å². The first-order valence-corrected chi connectivity index (χ1v) is 7.70. The Morgan fingerprint density at radius 3 is 2.57 bits per heavy atom. The van der Waals surface area contributed by atoms with Gasteiger partial charge in [0.1, 0.15) is 10.7 Å². The van der Waals surface area contributed by atoms with E-state index in [0.717, 1.165) is 14.6 Å². The molecule has 0 aliphatic heterocycles. The SMILES string of the molecule is Nc1c(C(=O)Nc2ccc(F)cc2)sc2cccc(Br)c12. The maximum absolute atomic E-state index is 12.9. The van der Waals surface area contributed by atoms with Crippen molar-refractivity contribution in [2.45, 2.75) is 0 Å². The van der Waals surface area contributed by atoms with Gasteiger partial charge in [-0.2, -0.15) is 0 Å². The van der Waals surface area contributed by atoms with Crippen LogP contribution in [0.1, 0.15) is 9.67 Å². The number of hydrogen-bond acceptors (Lipinski definition) is 3. The van der Waals surface area contributed by atoms with Crippen molar-refractivity contribution in [2.24, 2.45) is 0 Å². The number of amides is 1. The average Bonchev–Trinajstić information content (AvgIpc) is 2.80. The van der Waals surface area contributed by atoms with Gasteiger partial charge in [0.25, 0.3) is 5.91 Å². The summed E-state index contributed by atoms with van der Waals surface area (Å²) in [6, 6.07) is 11.3. The zero-order chi connectivity index (χ0) is 15.0. The molecular weight excluding hydrogens is 355 g/mol. The summed E-state index contributed by atoms with van der Waals surface area (Å²) in [7, 11) is 0. The average molecular weight is 365 g/mol. The Labute approximate surface area is 132 Å². The Morgan fingerprint density at radius 2 is 1.90 bits per heavy atom. The lowest BCUT2D eigenvalue weighted by atomic mass is 10.2. The number of rotatable bonds is 2. The zero-order valence-electron chi connectivity index (χ0n) is 10.7. The van der Waals surface area contributed by atoms with Gasteiger partial charge in [0.15, 0.2) is 0 Å². The monoisotopic (exact) mass is 364 g/mol. The topological polar surface area (TPSA) is 55.1 Å². The summed E-state index contributed by atoms with van der Waals surface area (Å²) in [5.41, 5.74) is 7.05. The lowest BCUT2D eigenvalue weighted by Crippen LogP contribution is -2.11. The van der Waals surface area contributed by atoms with Crippen LogP contribution in [0.4, 0.5) is 15.8 Å². The number of nitrogens with two attached hydrogens (primary N) is 1. The molecule has 106 valence electrons. The molecule has 2 aromatic carbocycles. The van der Waals surface area contributed by atoms with E-state index in [9.17, 15) is 9.18 Å². The number of nitrogens with one attached hydrogen (secondary N) is 1. The van der Waals surface area contributed by atoms with Crippen LogP contribution in [-0.4, -0.2) is 5.91 Å². The van der Waals surface area contributed by atoms with Gasteiger partial charge in [-0.05, 0) is 36.4 Å². The highest BCUT2D eigenvalue weighted by atomic mass is 79.9. The maximum atomic E-state index is 12.9. The molecule has 0 fully saturated rings. The molecule has 0 bridgehead atoms. The minimum atomic E-state index is -0.349. The summed E-state index contributed by atoms with van der Waals surface area (Å²) in [6.45, 7) is 0. The van der Waals surface area contributed by atoms with E-state index in [-0.39, 0.29) is 11.7 Å². The second kappa shape index (κ2) is 5.46. The highest BCUT2D eigenvalue weighted by molar-refractivity contribution is 9.10. The number of halogens is 2. The largest absolute Gasteiger partial charge is 0.397 e. The molecule has 0 saturated heterocycles. The summed E-state index contributed by atoms with van der Waals surface area (Å²) < 4.78 is 14.7. The predicted octanol–water partition coefficient (Wildman–Crippen LogP) is 4.64. The Hall–Kier alpha value is -1.92. The number of thiophene rings is 1. The molecule has 3 N–H and O–H groups in total. The highest BCUT2D eigenvalue weighted by Gasteiger charge is 2.18. The third-order valence-corrected chi connectivity index (χ3v) is 4.84. The third kappa shape index (κ3) is 2.64. The Morgan fingerprint density at radius 1 is 1.19 bits per heavy atom. The second-order valence-electron chi connectivity index (χ2n) is 4.42. The van der Waals surface area contributed by atoms with E-state index in [2.05, 4.69) is 21.2 Å². The first-order chi connectivity index (χ1) is 10.1. The van der Waals surface area contributed by atoms with E-state index in [1.807, 2.05) is 18.2 Å². The fourth-order valence-electron chi connectivity index (χ4n) is 2.02. The summed E-state index contributed by atoms with van der Waals surface area (Å²) in [6.07, 6.45) is 0. The molecule has 0 saturated carbocycles. The normalized spacial score (nSPS) is 10.8. The van der Waals surface area contributed by atoms with E-state index in [1.54, 1.807) is 0 Å². The van der Waals surface area contributed by atoms with E-state index in [1.165, 1.54) is 35.6 Å². The molecule has 1 aromatic heterocycles. The van der Waals surface area contributed by atoms with Crippen LogP contribution in [0.2, 0.25) is 0 Å². The lowest BCUT2D eigenvalue weighted by molar-refractivity contribution is 0.103. The summed E-state index contributed by atoms with van der Waals surface area (Å²) in [4.78, 5) is 12.8. The molecule has 3 nitrogen and oxygen atoms in total. The number of carbonyl (C=O) groups excluding carboxylic acids is 1.